The summed E-state index contributed by atoms with van der Waals surface area (Å²) >= 11 is 0. The molecule has 0 fully saturated rings. The first-order valence-electron chi connectivity index (χ1n) is 6.75. The molecule has 0 bridgehead atoms. The third-order valence-corrected chi connectivity index (χ3v) is 2.67. The summed E-state index contributed by atoms with van der Waals surface area (Å²) in [4.78, 5) is 11.7. The van der Waals surface area contributed by atoms with E-state index in [0.29, 0.717) is 11.3 Å². The van der Waals surface area contributed by atoms with E-state index in [9.17, 15) is 4.79 Å². The molecule has 1 rings (SSSR count). The zero-order valence-electron chi connectivity index (χ0n) is 12.6. The Morgan fingerprint density at radius 3 is 2.82 bits per heavy atom. The number of rotatable bonds is 7. The van der Waals surface area contributed by atoms with Crippen molar-refractivity contribution < 1.29 is 9.53 Å². The van der Waals surface area contributed by atoms with Crippen molar-refractivity contribution in [2.24, 2.45) is 0 Å². The third kappa shape index (κ3) is 4.22. The van der Waals surface area contributed by atoms with Gasteiger partial charge in [-0.05, 0) is 13.3 Å². The maximum absolute atomic E-state index is 11.7. The zero-order valence-corrected chi connectivity index (χ0v) is 12.6. The van der Waals surface area contributed by atoms with Gasteiger partial charge >= 0.3 is 5.97 Å². The van der Waals surface area contributed by atoms with Gasteiger partial charge in [0.1, 0.15) is 24.4 Å². The molecule has 0 spiro atoms. The van der Waals surface area contributed by atoms with Crippen LogP contribution in [0.2, 0.25) is 0 Å². The Balaban J connectivity index is 2.82. The van der Waals surface area contributed by atoms with Crippen molar-refractivity contribution in [2.45, 2.75) is 26.9 Å². The van der Waals surface area contributed by atoms with Gasteiger partial charge in [0.2, 0.25) is 0 Å². The molecule has 0 amide bonds. The molecular weight excluding hydrogens is 282 g/mol. The topological polar surface area (TPSA) is 104 Å². The highest BCUT2D eigenvalue weighted by Crippen LogP contribution is 2.09. The Morgan fingerprint density at radius 1 is 1.55 bits per heavy atom. The first-order chi connectivity index (χ1) is 10.6. The maximum atomic E-state index is 11.7. The van der Waals surface area contributed by atoms with Gasteiger partial charge in [-0.1, -0.05) is 19.6 Å². The average molecular weight is 299 g/mol. The Hall–Kier alpha value is -3.06. The second kappa shape index (κ2) is 8.28. The van der Waals surface area contributed by atoms with E-state index in [4.69, 9.17) is 15.3 Å². The van der Waals surface area contributed by atoms with E-state index in [2.05, 4.69) is 17.0 Å². The molecule has 0 aliphatic heterocycles. The fourth-order valence-corrected chi connectivity index (χ4v) is 1.66. The molecule has 0 unspecified atom stereocenters. The van der Waals surface area contributed by atoms with E-state index in [-0.39, 0.29) is 24.5 Å². The fraction of sp³-hybridized carbons (Fsp3) is 0.333. The smallest absolute Gasteiger partial charge is 0.342 e. The number of carbonyl (C=O) groups excluding carboxylic acids is 1. The van der Waals surface area contributed by atoms with Crippen LogP contribution in [0.15, 0.2) is 30.1 Å². The first-order valence-corrected chi connectivity index (χ1v) is 6.75. The van der Waals surface area contributed by atoms with Gasteiger partial charge in [-0.25, -0.2) is 4.79 Å². The van der Waals surface area contributed by atoms with Crippen LogP contribution < -0.4 is 5.32 Å². The van der Waals surface area contributed by atoms with Crippen molar-refractivity contribution in [3.63, 3.8) is 0 Å². The van der Waals surface area contributed by atoms with Crippen LogP contribution in [-0.4, -0.2) is 22.4 Å². The average Bonchev–Trinajstić information content (AvgIpc) is 2.94. The van der Waals surface area contributed by atoms with Crippen LogP contribution in [0.25, 0.3) is 0 Å². The Labute approximate surface area is 129 Å². The summed E-state index contributed by atoms with van der Waals surface area (Å²) < 4.78 is 6.25. The van der Waals surface area contributed by atoms with Crippen molar-refractivity contribution in [1.29, 1.82) is 10.5 Å². The van der Waals surface area contributed by atoms with Crippen LogP contribution in [-0.2, 0) is 11.4 Å². The van der Waals surface area contributed by atoms with E-state index in [1.165, 1.54) is 10.9 Å². The number of nitrogens with one attached hydrogen (secondary N) is 1. The number of nitriles is 2. The second-order valence-corrected chi connectivity index (χ2v) is 4.21. The number of ether oxygens (including phenoxy) is 1. The summed E-state index contributed by atoms with van der Waals surface area (Å²) in [7, 11) is 0. The lowest BCUT2D eigenvalue weighted by atomic mass is 10.2. The van der Waals surface area contributed by atoms with Gasteiger partial charge in [0.05, 0.1) is 12.2 Å². The van der Waals surface area contributed by atoms with Crippen molar-refractivity contribution in [3.05, 3.63) is 41.4 Å². The Kier molecular flexibility index (Phi) is 6.39. The quantitative estimate of drug-likeness (QED) is 0.468. The van der Waals surface area contributed by atoms with E-state index >= 15 is 0 Å². The van der Waals surface area contributed by atoms with Gasteiger partial charge in [-0.15, -0.1) is 0 Å². The molecule has 114 valence electrons. The van der Waals surface area contributed by atoms with Crippen LogP contribution in [0.5, 0.6) is 0 Å². The van der Waals surface area contributed by atoms with Gasteiger partial charge in [0.15, 0.2) is 5.69 Å². The van der Waals surface area contributed by atoms with Crippen LogP contribution in [0, 0.1) is 22.7 Å². The third-order valence-electron chi connectivity index (χ3n) is 2.67. The molecule has 7 nitrogen and oxygen atoms in total. The maximum Gasteiger partial charge on any atom is 0.342 e. The van der Waals surface area contributed by atoms with E-state index < -0.39 is 5.97 Å². The second-order valence-electron chi connectivity index (χ2n) is 4.21. The Morgan fingerprint density at radius 2 is 2.27 bits per heavy atom. The van der Waals surface area contributed by atoms with E-state index in [1.807, 2.05) is 19.1 Å². The van der Waals surface area contributed by atoms with Gasteiger partial charge < -0.3 is 10.1 Å². The molecule has 0 aromatic carbocycles. The van der Waals surface area contributed by atoms with Crippen molar-refractivity contribution in [2.75, 3.05) is 6.61 Å². The molecule has 1 heterocycles. The molecule has 22 heavy (non-hydrogen) atoms. The minimum Gasteiger partial charge on any atom is -0.462 e. The van der Waals surface area contributed by atoms with Crippen LogP contribution in [0.3, 0.4) is 0 Å². The number of allylic oxidation sites excluding steroid dienone is 2. The summed E-state index contributed by atoms with van der Waals surface area (Å²) in [5.41, 5.74) is 1.01. The van der Waals surface area contributed by atoms with Gasteiger partial charge in [0.25, 0.3) is 0 Å². The normalized spacial score (nSPS) is 10.5. The predicted molar refractivity (Wildman–Crippen MR) is 79.2 cm³/mol. The highest BCUT2D eigenvalue weighted by molar-refractivity contribution is 5.91. The molecule has 0 radical (unpaired) electrons. The summed E-state index contributed by atoms with van der Waals surface area (Å²) in [5, 5.41) is 24.9. The molecule has 1 N–H and O–H groups in total. The minimum atomic E-state index is -0.590. The lowest BCUT2D eigenvalue weighted by molar-refractivity contribution is 0.0526. The molecule has 1 aromatic heterocycles. The largest absolute Gasteiger partial charge is 0.462 e. The van der Waals surface area contributed by atoms with Gasteiger partial charge in [0, 0.05) is 11.9 Å². The minimum absolute atomic E-state index is 0.00420. The lowest BCUT2D eigenvalue weighted by Crippen LogP contribution is -2.18. The molecule has 0 saturated carbocycles. The summed E-state index contributed by atoms with van der Waals surface area (Å²) in [6.07, 6.45) is 3.90. The molecule has 0 saturated heterocycles. The number of esters is 1. The van der Waals surface area contributed by atoms with Crippen LogP contribution in [0.4, 0.5) is 0 Å². The number of carbonyl (C=O) groups is 1. The number of nitrogens with zero attached hydrogens (tertiary/aromatic N) is 4. The highest BCUT2D eigenvalue weighted by atomic mass is 16.5. The highest BCUT2D eigenvalue weighted by Gasteiger charge is 2.17. The van der Waals surface area contributed by atoms with Crippen molar-refractivity contribution in [1.82, 2.24) is 15.1 Å². The van der Waals surface area contributed by atoms with Crippen LogP contribution >= 0.6 is 0 Å². The Bertz CT molecular complexity index is 673. The molecule has 0 atom stereocenters. The lowest BCUT2D eigenvalue weighted by Gasteiger charge is -2.08. The molecule has 1 aromatic rings. The number of aromatic nitrogens is 2. The van der Waals surface area contributed by atoms with Crippen molar-refractivity contribution in [3.8, 4) is 12.1 Å². The summed E-state index contributed by atoms with van der Waals surface area (Å²) in [6, 6.07) is 3.90. The molecule has 0 aliphatic carbocycles. The molecule has 7 heteroatoms. The van der Waals surface area contributed by atoms with Crippen LogP contribution in [0.1, 0.15) is 36.3 Å². The fourth-order valence-electron chi connectivity index (χ4n) is 1.66. The summed E-state index contributed by atoms with van der Waals surface area (Å²) in [5.74, 6) is -0.590. The number of hydrogen-bond acceptors (Lipinski definition) is 6. The zero-order chi connectivity index (χ0) is 16.5. The van der Waals surface area contributed by atoms with Gasteiger partial charge in [-0.2, -0.15) is 15.6 Å². The standard InChI is InChI=1S/C15H17N5O2/c1-4-6-12(7-16)11(3)18-10-20-9-13(14(8-17)19-20)15(21)22-5-2/h6,9,18H,3-5,10H2,1-2H3/b12-6-. The van der Waals surface area contributed by atoms with E-state index in [1.54, 1.807) is 13.0 Å². The molecular formula is C15H17N5O2. The summed E-state index contributed by atoms with van der Waals surface area (Å²) in [6.45, 7) is 7.77. The monoisotopic (exact) mass is 299 g/mol. The van der Waals surface area contributed by atoms with Crippen molar-refractivity contribution >= 4 is 5.97 Å². The number of hydrogen-bond donors (Lipinski definition) is 1. The van der Waals surface area contributed by atoms with E-state index in [0.717, 1.165) is 6.42 Å². The predicted octanol–water partition coefficient (Wildman–Crippen LogP) is 1.85. The molecule has 0 aliphatic rings. The SMILES string of the molecule is C=C(NCn1cc(C(=O)OCC)c(C#N)n1)/C(C#N)=C\CC. The van der Waals surface area contributed by atoms with Gasteiger partial charge in [-0.3, -0.25) is 4.68 Å². The first kappa shape index (κ1) is 17.0.